The Bertz CT molecular complexity index is 258. The van der Waals surface area contributed by atoms with Gasteiger partial charge in [0.15, 0.2) is 0 Å². The summed E-state index contributed by atoms with van der Waals surface area (Å²) in [4.78, 5) is 14.0. The fourth-order valence-electron chi connectivity index (χ4n) is 2.48. The topological polar surface area (TPSA) is 29.5 Å². The van der Waals surface area contributed by atoms with Gasteiger partial charge in [0.2, 0.25) is 0 Å². The average Bonchev–Trinajstić information content (AvgIpc) is 2.98. The normalized spacial score (nSPS) is 30.5. The van der Waals surface area contributed by atoms with E-state index in [0.29, 0.717) is 17.8 Å². The lowest BCUT2D eigenvalue weighted by molar-refractivity contribution is -0.129. The van der Waals surface area contributed by atoms with Crippen LogP contribution in [0.15, 0.2) is 0 Å². The molecule has 0 amide bonds. The van der Waals surface area contributed by atoms with E-state index in [2.05, 4.69) is 18.7 Å². The summed E-state index contributed by atoms with van der Waals surface area (Å²) in [6.07, 6.45) is 2.40. The van der Waals surface area contributed by atoms with Gasteiger partial charge >= 0.3 is 0 Å². The van der Waals surface area contributed by atoms with Gasteiger partial charge in [-0.1, -0.05) is 13.8 Å². The number of ketones is 1. The van der Waals surface area contributed by atoms with Crippen LogP contribution in [0.3, 0.4) is 0 Å². The Hall–Kier alpha value is -0.410. The second kappa shape index (κ2) is 3.87. The third-order valence-corrected chi connectivity index (χ3v) is 3.82. The molecule has 1 unspecified atom stereocenters. The van der Waals surface area contributed by atoms with E-state index in [4.69, 9.17) is 4.74 Å². The van der Waals surface area contributed by atoms with Crippen LogP contribution in [0.1, 0.15) is 33.6 Å². The maximum atomic E-state index is 11.6. The minimum absolute atomic E-state index is 0.100. The first-order chi connectivity index (χ1) is 7.06. The highest BCUT2D eigenvalue weighted by atomic mass is 16.5. The predicted molar refractivity (Wildman–Crippen MR) is 58.8 cm³/mol. The van der Waals surface area contributed by atoms with Crippen molar-refractivity contribution in [2.24, 2.45) is 5.92 Å². The van der Waals surface area contributed by atoms with Crippen LogP contribution in [-0.4, -0.2) is 42.0 Å². The second-order valence-corrected chi connectivity index (χ2v) is 5.19. The van der Waals surface area contributed by atoms with Gasteiger partial charge < -0.3 is 4.74 Å². The van der Waals surface area contributed by atoms with Crippen LogP contribution in [0.2, 0.25) is 0 Å². The molecule has 1 aliphatic carbocycles. The van der Waals surface area contributed by atoms with Gasteiger partial charge in [0.05, 0.1) is 18.2 Å². The summed E-state index contributed by atoms with van der Waals surface area (Å²) in [5.41, 5.74) is -0.100. The van der Waals surface area contributed by atoms with Gasteiger partial charge in [-0.05, 0) is 25.7 Å². The van der Waals surface area contributed by atoms with Crippen molar-refractivity contribution in [3.63, 3.8) is 0 Å². The van der Waals surface area contributed by atoms with Crippen LogP contribution in [-0.2, 0) is 9.53 Å². The second-order valence-electron chi connectivity index (χ2n) is 5.19. The SMILES string of the molecule is CC(=O)C1(N2CCOC(C(C)C)C2)CC1. The summed E-state index contributed by atoms with van der Waals surface area (Å²) in [6.45, 7) is 8.72. The number of carbonyl (C=O) groups excluding carboxylic acids is 1. The molecule has 2 rings (SSSR count). The molecule has 1 atom stereocenters. The van der Waals surface area contributed by atoms with Crippen molar-refractivity contribution in [3.8, 4) is 0 Å². The Morgan fingerprint density at radius 1 is 1.47 bits per heavy atom. The van der Waals surface area contributed by atoms with E-state index in [-0.39, 0.29) is 5.54 Å². The molecule has 1 aliphatic heterocycles. The number of ether oxygens (including phenoxy) is 1. The molecular formula is C12H21NO2. The maximum Gasteiger partial charge on any atom is 0.150 e. The number of nitrogens with zero attached hydrogens (tertiary/aromatic N) is 1. The minimum atomic E-state index is -0.100. The summed E-state index contributed by atoms with van der Waals surface area (Å²) in [5, 5.41) is 0. The van der Waals surface area contributed by atoms with Crippen molar-refractivity contribution in [2.75, 3.05) is 19.7 Å². The Morgan fingerprint density at radius 2 is 2.13 bits per heavy atom. The minimum Gasteiger partial charge on any atom is -0.375 e. The average molecular weight is 211 g/mol. The summed E-state index contributed by atoms with van der Waals surface area (Å²) < 4.78 is 5.72. The number of hydrogen-bond acceptors (Lipinski definition) is 3. The number of hydrogen-bond donors (Lipinski definition) is 0. The molecule has 1 saturated heterocycles. The zero-order valence-electron chi connectivity index (χ0n) is 9.95. The molecule has 2 aliphatic rings. The van der Waals surface area contributed by atoms with Crippen molar-refractivity contribution < 1.29 is 9.53 Å². The van der Waals surface area contributed by atoms with Crippen LogP contribution in [0.25, 0.3) is 0 Å². The van der Waals surface area contributed by atoms with Crippen LogP contribution < -0.4 is 0 Å². The number of rotatable bonds is 3. The van der Waals surface area contributed by atoms with E-state index in [0.717, 1.165) is 32.5 Å². The van der Waals surface area contributed by atoms with Crippen molar-refractivity contribution in [1.29, 1.82) is 0 Å². The molecule has 1 heterocycles. The van der Waals surface area contributed by atoms with E-state index in [1.165, 1.54) is 0 Å². The van der Waals surface area contributed by atoms with Crippen molar-refractivity contribution >= 4 is 5.78 Å². The monoisotopic (exact) mass is 211 g/mol. The van der Waals surface area contributed by atoms with Crippen LogP contribution in [0, 0.1) is 5.92 Å². The highest BCUT2D eigenvalue weighted by Crippen LogP contribution is 2.43. The largest absolute Gasteiger partial charge is 0.375 e. The smallest absolute Gasteiger partial charge is 0.150 e. The molecule has 0 N–H and O–H groups in total. The number of carbonyl (C=O) groups is 1. The molecule has 0 radical (unpaired) electrons. The first-order valence-electron chi connectivity index (χ1n) is 5.94. The predicted octanol–water partition coefficient (Wildman–Crippen LogP) is 1.46. The summed E-state index contributed by atoms with van der Waals surface area (Å²) >= 11 is 0. The molecule has 2 fully saturated rings. The van der Waals surface area contributed by atoms with E-state index < -0.39 is 0 Å². The highest BCUT2D eigenvalue weighted by molar-refractivity contribution is 5.89. The Balaban J connectivity index is 2.02. The maximum absolute atomic E-state index is 11.6. The first-order valence-corrected chi connectivity index (χ1v) is 5.94. The van der Waals surface area contributed by atoms with Gasteiger partial charge in [-0.15, -0.1) is 0 Å². The van der Waals surface area contributed by atoms with Crippen molar-refractivity contribution in [3.05, 3.63) is 0 Å². The standard InChI is InChI=1S/C12H21NO2/c1-9(2)11-8-13(6-7-15-11)12(4-5-12)10(3)14/h9,11H,4-8H2,1-3H3. The third kappa shape index (κ3) is 1.95. The summed E-state index contributed by atoms with van der Waals surface area (Å²) in [7, 11) is 0. The van der Waals surface area contributed by atoms with Gasteiger partial charge in [0.25, 0.3) is 0 Å². The van der Waals surface area contributed by atoms with E-state index in [9.17, 15) is 4.79 Å². The summed E-state index contributed by atoms with van der Waals surface area (Å²) in [5.74, 6) is 0.877. The van der Waals surface area contributed by atoms with Gasteiger partial charge in [-0.2, -0.15) is 0 Å². The Labute approximate surface area is 91.8 Å². The van der Waals surface area contributed by atoms with Crippen LogP contribution in [0.4, 0.5) is 0 Å². The third-order valence-electron chi connectivity index (χ3n) is 3.82. The molecular weight excluding hydrogens is 190 g/mol. The lowest BCUT2D eigenvalue weighted by Crippen LogP contribution is -2.53. The van der Waals surface area contributed by atoms with Crippen LogP contribution >= 0.6 is 0 Å². The molecule has 0 spiro atoms. The summed E-state index contributed by atoms with van der Waals surface area (Å²) in [6, 6.07) is 0. The lowest BCUT2D eigenvalue weighted by atomic mass is 10.0. The molecule has 0 bridgehead atoms. The molecule has 0 aromatic rings. The Kier molecular flexibility index (Phi) is 2.86. The highest BCUT2D eigenvalue weighted by Gasteiger charge is 2.53. The van der Waals surface area contributed by atoms with Crippen LogP contribution in [0.5, 0.6) is 0 Å². The molecule has 3 heteroatoms. The van der Waals surface area contributed by atoms with Crippen molar-refractivity contribution in [2.45, 2.75) is 45.3 Å². The number of morpholine rings is 1. The first kappa shape index (κ1) is 11.1. The van der Waals surface area contributed by atoms with Gasteiger partial charge in [-0.3, -0.25) is 9.69 Å². The van der Waals surface area contributed by atoms with E-state index in [1.54, 1.807) is 6.92 Å². The quantitative estimate of drug-likeness (QED) is 0.708. The van der Waals surface area contributed by atoms with Gasteiger partial charge in [0, 0.05) is 13.1 Å². The molecule has 86 valence electrons. The zero-order chi connectivity index (χ0) is 11.1. The zero-order valence-corrected chi connectivity index (χ0v) is 9.95. The van der Waals surface area contributed by atoms with E-state index in [1.807, 2.05) is 0 Å². The lowest BCUT2D eigenvalue weighted by Gasteiger charge is -2.39. The van der Waals surface area contributed by atoms with Gasteiger partial charge in [0.1, 0.15) is 5.78 Å². The fourth-order valence-corrected chi connectivity index (χ4v) is 2.48. The fraction of sp³-hybridized carbons (Fsp3) is 0.917. The van der Waals surface area contributed by atoms with E-state index >= 15 is 0 Å². The van der Waals surface area contributed by atoms with Gasteiger partial charge in [-0.25, -0.2) is 0 Å². The molecule has 3 nitrogen and oxygen atoms in total. The molecule has 15 heavy (non-hydrogen) atoms. The molecule has 0 aromatic carbocycles. The van der Waals surface area contributed by atoms with Crippen molar-refractivity contribution in [1.82, 2.24) is 4.90 Å². The molecule has 1 saturated carbocycles. The number of Topliss-reactive ketones (excluding diaryl/α,β-unsaturated/α-hetero) is 1. The Morgan fingerprint density at radius 3 is 2.60 bits per heavy atom. The molecule has 0 aromatic heterocycles.